The van der Waals surface area contributed by atoms with Gasteiger partial charge in [0.1, 0.15) is 0 Å². The van der Waals surface area contributed by atoms with Crippen LogP contribution in [-0.2, 0) is 0 Å². The Hall–Kier alpha value is -6.00. The first-order valence-electron chi connectivity index (χ1n) is 20.6. The molecule has 0 spiro atoms. The lowest BCUT2D eigenvalue weighted by Gasteiger charge is -2.40. The summed E-state index contributed by atoms with van der Waals surface area (Å²) in [4.78, 5) is 4.87. The molecule has 294 valence electrons. The second kappa shape index (κ2) is 20.4. The molecule has 58 heavy (non-hydrogen) atoms. The van der Waals surface area contributed by atoms with Crippen LogP contribution in [0.2, 0.25) is 0 Å². The third kappa shape index (κ3) is 10.5. The van der Waals surface area contributed by atoms with Crippen molar-refractivity contribution in [3.05, 3.63) is 217 Å². The Labute approximate surface area is 348 Å². The lowest BCUT2D eigenvalue weighted by atomic mass is 9.90. The van der Waals surface area contributed by atoms with Crippen molar-refractivity contribution in [3.8, 4) is 22.3 Å². The third-order valence-electron chi connectivity index (χ3n) is 11.2. The lowest BCUT2D eigenvalue weighted by Crippen LogP contribution is -2.50. The Morgan fingerprint density at radius 2 is 1.38 bits per heavy atom. The smallest absolute Gasteiger partial charge is 0.0868 e. The van der Waals surface area contributed by atoms with Gasteiger partial charge in [0.2, 0.25) is 0 Å². The largest absolute Gasteiger partial charge is 0.370 e. The second-order valence-electron chi connectivity index (χ2n) is 15.4. The molecule has 0 saturated heterocycles. The van der Waals surface area contributed by atoms with Crippen molar-refractivity contribution in [2.75, 3.05) is 25.5 Å². The molecule has 0 aromatic heterocycles. The fourth-order valence-electron chi connectivity index (χ4n) is 7.88. The van der Waals surface area contributed by atoms with Crippen molar-refractivity contribution in [2.45, 2.75) is 45.4 Å². The molecule has 0 radical (unpaired) electrons. The summed E-state index contributed by atoms with van der Waals surface area (Å²) in [5, 5.41) is 4.04. The fourth-order valence-corrected chi connectivity index (χ4v) is 7.88. The van der Waals surface area contributed by atoms with Crippen molar-refractivity contribution in [1.29, 1.82) is 0 Å². The molecular formula is C55H59N3. The highest BCUT2D eigenvalue weighted by atomic mass is 15.3. The van der Waals surface area contributed by atoms with Crippen LogP contribution in [-0.4, -0.2) is 37.7 Å². The van der Waals surface area contributed by atoms with Crippen LogP contribution in [0.4, 0.5) is 5.69 Å². The van der Waals surface area contributed by atoms with Crippen LogP contribution >= 0.6 is 0 Å². The first kappa shape index (κ1) is 41.6. The minimum absolute atomic E-state index is 0.0693. The molecule has 0 aliphatic carbocycles. The molecule has 1 heterocycles. The van der Waals surface area contributed by atoms with Gasteiger partial charge in [0.05, 0.1) is 11.9 Å². The average molecular weight is 762 g/mol. The molecule has 3 heteroatoms. The monoisotopic (exact) mass is 761 g/mol. The fraction of sp³-hybridized carbons (Fsp3) is 0.200. The van der Waals surface area contributed by atoms with Crippen LogP contribution in [0, 0.1) is 5.92 Å². The van der Waals surface area contributed by atoms with Gasteiger partial charge in [-0.1, -0.05) is 216 Å². The van der Waals surface area contributed by atoms with Gasteiger partial charge in [-0.3, -0.25) is 10.2 Å². The number of anilines is 1. The van der Waals surface area contributed by atoms with E-state index in [0.717, 1.165) is 29.7 Å². The topological polar surface area (TPSA) is 18.5 Å². The van der Waals surface area contributed by atoms with Crippen LogP contribution in [0.5, 0.6) is 0 Å². The Balaban J connectivity index is 1.39. The van der Waals surface area contributed by atoms with Crippen molar-refractivity contribution in [2.24, 2.45) is 5.92 Å². The number of hydrogen-bond acceptors (Lipinski definition) is 3. The highest BCUT2D eigenvalue weighted by molar-refractivity contribution is 5.82. The number of para-hydroxylation sites is 1. The average Bonchev–Trinajstić information content (AvgIpc) is 3.26. The SMILES string of the molecule is C=C/C=C\C=CC(C)NC(C(=Cc1cccc2c1N(C)CC=C2)/C=C\C(=C)c1ccc(-c2ccc(-c3ccccc3)cc2)cc1)N(C)C(c1ccccc1)C(C)CC. The predicted molar refractivity (Wildman–Crippen MR) is 253 cm³/mol. The van der Waals surface area contributed by atoms with Gasteiger partial charge in [0, 0.05) is 25.7 Å². The molecule has 0 bridgehead atoms. The summed E-state index contributed by atoms with van der Waals surface area (Å²) in [5.41, 5.74) is 13.0. The van der Waals surface area contributed by atoms with E-state index in [4.69, 9.17) is 0 Å². The molecule has 1 aliphatic rings. The van der Waals surface area contributed by atoms with E-state index < -0.39 is 0 Å². The van der Waals surface area contributed by atoms with E-state index in [0.29, 0.717) is 5.92 Å². The van der Waals surface area contributed by atoms with E-state index in [2.05, 4.69) is 233 Å². The van der Waals surface area contributed by atoms with E-state index in [9.17, 15) is 0 Å². The summed E-state index contributed by atoms with van der Waals surface area (Å²) in [6.45, 7) is 16.2. The van der Waals surface area contributed by atoms with Gasteiger partial charge < -0.3 is 4.90 Å². The van der Waals surface area contributed by atoms with Crippen molar-refractivity contribution in [3.63, 3.8) is 0 Å². The van der Waals surface area contributed by atoms with E-state index in [1.54, 1.807) is 6.08 Å². The number of benzene rings is 5. The number of hydrogen-bond donors (Lipinski definition) is 1. The maximum absolute atomic E-state index is 4.59. The summed E-state index contributed by atoms with van der Waals surface area (Å²) >= 11 is 0. The number of fused-ring (bicyclic) bond motifs is 1. The summed E-state index contributed by atoms with van der Waals surface area (Å²) in [5.74, 6) is 0.409. The van der Waals surface area contributed by atoms with Crippen LogP contribution in [0.25, 0.3) is 40.0 Å². The van der Waals surface area contributed by atoms with Crippen LogP contribution in [0.1, 0.15) is 55.5 Å². The third-order valence-corrected chi connectivity index (χ3v) is 11.2. The van der Waals surface area contributed by atoms with Gasteiger partial charge in [-0.25, -0.2) is 0 Å². The van der Waals surface area contributed by atoms with Gasteiger partial charge >= 0.3 is 0 Å². The normalized spacial score (nSPS) is 15.2. The maximum Gasteiger partial charge on any atom is 0.0868 e. The number of nitrogens with zero attached hydrogens (tertiary/aromatic N) is 2. The molecule has 0 fully saturated rings. The summed E-state index contributed by atoms with van der Waals surface area (Å²) in [6, 6.07) is 45.9. The van der Waals surface area contributed by atoms with Crippen molar-refractivity contribution < 1.29 is 0 Å². The molecule has 4 unspecified atom stereocenters. The van der Waals surface area contributed by atoms with E-state index >= 15 is 0 Å². The molecule has 5 aromatic rings. The summed E-state index contributed by atoms with van der Waals surface area (Å²) in [7, 11) is 4.45. The van der Waals surface area contributed by atoms with Gasteiger partial charge in [0.15, 0.2) is 0 Å². The minimum Gasteiger partial charge on any atom is -0.370 e. The molecule has 3 nitrogen and oxygen atoms in total. The summed E-state index contributed by atoms with van der Waals surface area (Å²) < 4.78 is 0. The first-order chi connectivity index (χ1) is 28.3. The van der Waals surface area contributed by atoms with E-state index in [1.165, 1.54) is 44.6 Å². The predicted octanol–water partition coefficient (Wildman–Crippen LogP) is 13.5. The van der Waals surface area contributed by atoms with Gasteiger partial charge in [-0.2, -0.15) is 0 Å². The zero-order valence-corrected chi connectivity index (χ0v) is 34.9. The Morgan fingerprint density at radius 3 is 2.02 bits per heavy atom. The molecule has 1 N–H and O–H groups in total. The molecule has 0 saturated carbocycles. The maximum atomic E-state index is 4.59. The zero-order chi connectivity index (χ0) is 40.9. The first-order valence-corrected chi connectivity index (χ1v) is 20.6. The molecular weight excluding hydrogens is 703 g/mol. The van der Waals surface area contributed by atoms with Crippen LogP contribution in [0.3, 0.4) is 0 Å². The number of allylic oxidation sites excluding steroid dienone is 6. The molecule has 1 aliphatic heterocycles. The Bertz CT molecular complexity index is 2260. The second-order valence-corrected chi connectivity index (χ2v) is 15.4. The zero-order valence-electron chi connectivity index (χ0n) is 34.9. The van der Waals surface area contributed by atoms with Gasteiger partial charge in [-0.05, 0) is 81.6 Å². The van der Waals surface area contributed by atoms with Crippen LogP contribution < -0.4 is 10.2 Å². The molecule has 0 amide bonds. The van der Waals surface area contributed by atoms with Crippen LogP contribution in [0.15, 0.2) is 195 Å². The van der Waals surface area contributed by atoms with Crippen molar-refractivity contribution >= 4 is 23.4 Å². The summed E-state index contributed by atoms with van der Waals surface area (Å²) in [6.07, 6.45) is 22.3. The Morgan fingerprint density at radius 1 is 0.759 bits per heavy atom. The quantitative estimate of drug-likeness (QED) is 0.0752. The molecule has 6 rings (SSSR count). The van der Waals surface area contributed by atoms with E-state index in [1.807, 2.05) is 12.2 Å². The standard InChI is InChI=1S/C55H59N3/c1-8-10-11-14-21-43(5)56-55(58(7)53(41(3)9-2)49-24-17-13-18-25-49)52(40-51-27-19-26-50-28-20-39-57(6)54(50)51)30-29-42(4)44-31-33-47(34-32-44)48-37-35-46(36-38-48)45-22-15-12-16-23-45/h8,10-38,40-41,43,53,55-56H,1,4,9,39H2,2-3,5-7H3/b11-10-,21-14?,30-29-,52-40?. The van der Waals surface area contributed by atoms with Gasteiger partial charge in [0.25, 0.3) is 0 Å². The Kier molecular flexibility index (Phi) is 14.7. The number of rotatable bonds is 17. The van der Waals surface area contributed by atoms with E-state index in [-0.39, 0.29) is 18.2 Å². The highest BCUT2D eigenvalue weighted by Crippen LogP contribution is 2.36. The number of likely N-dealkylation sites (N-methyl/N-ethyl adjacent to an activating group) is 2. The minimum atomic E-state index is -0.146. The lowest BCUT2D eigenvalue weighted by molar-refractivity contribution is 0.123. The highest BCUT2D eigenvalue weighted by Gasteiger charge is 2.30. The van der Waals surface area contributed by atoms with Gasteiger partial charge in [-0.15, -0.1) is 0 Å². The molecule has 5 aromatic carbocycles. The number of nitrogens with one attached hydrogen (secondary N) is 1. The molecule has 4 atom stereocenters. The van der Waals surface area contributed by atoms with Crippen molar-refractivity contribution in [1.82, 2.24) is 10.2 Å².